The van der Waals surface area contributed by atoms with Crippen LogP contribution < -0.4 is 5.32 Å². The number of H-pyrrole nitrogens is 1. The monoisotopic (exact) mass is 249 g/mol. The van der Waals surface area contributed by atoms with Gasteiger partial charge in [0.25, 0.3) is 0 Å². The second kappa shape index (κ2) is 6.08. The van der Waals surface area contributed by atoms with Crippen LogP contribution in [-0.2, 0) is 0 Å². The van der Waals surface area contributed by atoms with E-state index >= 15 is 0 Å². The summed E-state index contributed by atoms with van der Waals surface area (Å²) in [4.78, 5) is 4.24. The van der Waals surface area contributed by atoms with Gasteiger partial charge in [-0.15, -0.1) is 0 Å². The van der Waals surface area contributed by atoms with Gasteiger partial charge in [0.2, 0.25) is 0 Å². The molecule has 0 amide bonds. The van der Waals surface area contributed by atoms with Crippen molar-refractivity contribution in [3.8, 4) is 0 Å². The number of aromatic nitrogens is 3. The number of aromatic amines is 1. The minimum atomic E-state index is -0.0287. The fourth-order valence-electron chi connectivity index (χ4n) is 1.63. The summed E-state index contributed by atoms with van der Waals surface area (Å²) in [6.07, 6.45) is 0. The van der Waals surface area contributed by atoms with E-state index in [1.807, 2.05) is 18.2 Å². The zero-order chi connectivity index (χ0) is 12.8. The van der Waals surface area contributed by atoms with Crippen LogP contribution >= 0.6 is 0 Å². The lowest BCUT2D eigenvalue weighted by Crippen LogP contribution is -2.28. The van der Waals surface area contributed by atoms with Gasteiger partial charge in [-0.3, -0.25) is 4.99 Å². The number of nitrogens with one attached hydrogen (secondary N) is 2. The van der Waals surface area contributed by atoms with E-state index < -0.39 is 0 Å². The van der Waals surface area contributed by atoms with Crippen molar-refractivity contribution < 1.29 is 10.2 Å². The van der Waals surface area contributed by atoms with E-state index in [-0.39, 0.29) is 13.2 Å². The number of aliphatic hydroxyl groups is 2. The Morgan fingerprint density at radius 1 is 1.28 bits per heavy atom. The smallest absolute Gasteiger partial charge is 0.130 e. The van der Waals surface area contributed by atoms with Crippen LogP contribution in [0.2, 0.25) is 0 Å². The number of nitrogens with zero attached hydrogens (tertiary/aromatic N) is 3. The van der Waals surface area contributed by atoms with E-state index in [0.717, 1.165) is 11.1 Å². The Balaban J connectivity index is 2.37. The highest BCUT2D eigenvalue weighted by atomic mass is 16.3. The van der Waals surface area contributed by atoms with Crippen molar-refractivity contribution >= 4 is 16.9 Å². The lowest BCUT2D eigenvalue weighted by Gasteiger charge is -2.09. The van der Waals surface area contributed by atoms with Crippen molar-refractivity contribution in [3.63, 3.8) is 0 Å². The number of rotatable bonds is 5. The summed E-state index contributed by atoms with van der Waals surface area (Å²) in [6, 6.07) is 5.57. The van der Waals surface area contributed by atoms with Crippen LogP contribution in [0.1, 0.15) is 5.56 Å². The molecular weight excluding hydrogens is 234 g/mol. The van der Waals surface area contributed by atoms with Crippen molar-refractivity contribution in [2.45, 2.75) is 0 Å². The maximum absolute atomic E-state index is 8.86. The van der Waals surface area contributed by atoms with Gasteiger partial charge in [-0.1, -0.05) is 6.07 Å². The van der Waals surface area contributed by atoms with Crippen molar-refractivity contribution in [1.82, 2.24) is 20.7 Å². The minimum Gasteiger partial charge on any atom is -0.395 e. The minimum absolute atomic E-state index is 0.00688. The molecule has 1 heterocycles. The molecule has 0 bridgehead atoms. The fraction of sp³-hybridized carbons (Fsp3) is 0.364. The molecule has 0 fully saturated rings. The van der Waals surface area contributed by atoms with E-state index in [2.05, 4.69) is 25.7 Å². The average molecular weight is 249 g/mol. The molecule has 0 spiro atoms. The lowest BCUT2D eigenvalue weighted by molar-refractivity contribution is 0.299. The number of para-hydroxylation sites is 1. The van der Waals surface area contributed by atoms with Gasteiger partial charge in [-0.05, 0) is 12.1 Å². The Labute approximate surface area is 104 Å². The zero-order valence-corrected chi connectivity index (χ0v) is 9.80. The first-order valence-corrected chi connectivity index (χ1v) is 5.66. The molecule has 96 valence electrons. The van der Waals surface area contributed by atoms with Gasteiger partial charge in [0.1, 0.15) is 16.9 Å². The summed E-state index contributed by atoms with van der Waals surface area (Å²) in [7, 11) is 0. The number of fused-ring (bicyclic) bond motifs is 1. The highest BCUT2D eigenvalue weighted by Gasteiger charge is 2.10. The third-order valence-electron chi connectivity index (χ3n) is 2.38. The second-order valence-corrected chi connectivity index (χ2v) is 3.60. The molecule has 0 radical (unpaired) electrons. The Hall–Kier alpha value is -1.99. The molecule has 0 aliphatic heterocycles. The van der Waals surface area contributed by atoms with E-state index in [0.29, 0.717) is 24.4 Å². The van der Waals surface area contributed by atoms with Crippen molar-refractivity contribution in [1.29, 1.82) is 0 Å². The molecule has 7 nitrogen and oxygen atoms in total. The summed E-state index contributed by atoms with van der Waals surface area (Å²) in [5.74, 6) is 0.595. The number of aliphatic hydroxyl groups excluding tert-OH is 2. The second-order valence-electron chi connectivity index (χ2n) is 3.60. The first-order valence-electron chi connectivity index (χ1n) is 5.66. The van der Waals surface area contributed by atoms with Crippen LogP contribution in [0.5, 0.6) is 0 Å². The summed E-state index contributed by atoms with van der Waals surface area (Å²) in [6.45, 7) is 0.659. The van der Waals surface area contributed by atoms with Gasteiger partial charge in [-0.25, -0.2) is 0 Å². The number of aliphatic imine (C=N–C) groups is 1. The van der Waals surface area contributed by atoms with Crippen molar-refractivity contribution in [3.05, 3.63) is 23.8 Å². The van der Waals surface area contributed by atoms with Crippen molar-refractivity contribution in [2.24, 2.45) is 4.99 Å². The van der Waals surface area contributed by atoms with Gasteiger partial charge in [0, 0.05) is 12.1 Å². The van der Waals surface area contributed by atoms with Gasteiger partial charge >= 0.3 is 0 Å². The van der Waals surface area contributed by atoms with Crippen molar-refractivity contribution in [2.75, 3.05) is 26.3 Å². The maximum Gasteiger partial charge on any atom is 0.130 e. The summed E-state index contributed by atoms with van der Waals surface area (Å²) >= 11 is 0. The molecule has 1 aromatic heterocycles. The topological polar surface area (TPSA) is 106 Å². The van der Waals surface area contributed by atoms with Crippen LogP contribution in [0, 0.1) is 0 Å². The van der Waals surface area contributed by atoms with Gasteiger partial charge < -0.3 is 15.5 Å². The first-order chi connectivity index (χ1) is 8.86. The number of amidine groups is 1. The fourth-order valence-corrected chi connectivity index (χ4v) is 1.63. The molecule has 4 N–H and O–H groups in total. The van der Waals surface area contributed by atoms with E-state index in [4.69, 9.17) is 10.2 Å². The van der Waals surface area contributed by atoms with Crippen LogP contribution in [0.15, 0.2) is 23.2 Å². The third kappa shape index (κ3) is 2.63. The van der Waals surface area contributed by atoms with Crippen LogP contribution in [0.4, 0.5) is 0 Å². The number of hydrogen-bond donors (Lipinski definition) is 4. The molecule has 0 aliphatic carbocycles. The molecule has 2 aromatic rings. The lowest BCUT2D eigenvalue weighted by atomic mass is 10.1. The van der Waals surface area contributed by atoms with Crippen LogP contribution in [0.25, 0.3) is 11.0 Å². The molecule has 0 unspecified atom stereocenters. The van der Waals surface area contributed by atoms with Gasteiger partial charge in [-0.2, -0.15) is 15.4 Å². The molecule has 2 rings (SSSR count). The van der Waals surface area contributed by atoms with Gasteiger partial charge in [0.05, 0.1) is 19.8 Å². The highest BCUT2D eigenvalue weighted by molar-refractivity contribution is 6.07. The predicted molar refractivity (Wildman–Crippen MR) is 67.5 cm³/mol. The number of benzene rings is 1. The maximum atomic E-state index is 8.86. The molecule has 0 saturated heterocycles. The summed E-state index contributed by atoms with van der Waals surface area (Å²) in [5.41, 5.74) is 2.25. The Morgan fingerprint density at radius 2 is 2.17 bits per heavy atom. The number of hydrogen-bond acceptors (Lipinski definition) is 5. The molecule has 18 heavy (non-hydrogen) atoms. The van der Waals surface area contributed by atoms with Gasteiger partial charge in [0.15, 0.2) is 0 Å². The summed E-state index contributed by atoms with van der Waals surface area (Å²) < 4.78 is 0. The normalized spacial score (nSPS) is 12.0. The van der Waals surface area contributed by atoms with E-state index in [1.54, 1.807) is 0 Å². The molecule has 0 atom stereocenters. The highest BCUT2D eigenvalue weighted by Crippen LogP contribution is 2.13. The SMILES string of the molecule is OCCN=C(NCCO)c1cccc2n[nH]nc12. The molecule has 7 heteroatoms. The quantitative estimate of drug-likeness (QED) is 0.413. The van der Waals surface area contributed by atoms with E-state index in [9.17, 15) is 0 Å². The Morgan fingerprint density at radius 3 is 2.94 bits per heavy atom. The standard InChI is InChI=1S/C11H15N5O2/c17-6-4-12-11(13-5-7-18)8-2-1-3-9-10(8)15-16-14-9/h1-3,17-18H,4-7H2,(H,12,13)(H,14,15,16). The Bertz CT molecular complexity index is 537. The Kier molecular flexibility index (Phi) is 4.21. The molecule has 0 saturated carbocycles. The molecular formula is C11H15N5O2. The largest absolute Gasteiger partial charge is 0.395 e. The van der Waals surface area contributed by atoms with Crippen LogP contribution in [-0.4, -0.2) is 57.8 Å². The molecule has 0 aliphatic rings. The molecule has 1 aromatic carbocycles. The van der Waals surface area contributed by atoms with Crippen LogP contribution in [0.3, 0.4) is 0 Å². The third-order valence-corrected chi connectivity index (χ3v) is 2.38. The predicted octanol–water partition coefficient (Wildman–Crippen LogP) is -0.721. The average Bonchev–Trinajstić information content (AvgIpc) is 2.87. The first kappa shape index (κ1) is 12.5. The van der Waals surface area contributed by atoms with E-state index in [1.165, 1.54) is 0 Å². The summed E-state index contributed by atoms with van der Waals surface area (Å²) in [5, 5.41) is 31.4. The zero-order valence-electron chi connectivity index (χ0n) is 9.80.